The third kappa shape index (κ3) is 7.89. The van der Waals surface area contributed by atoms with Crippen LogP contribution in [0.4, 0.5) is 0 Å². The summed E-state index contributed by atoms with van der Waals surface area (Å²) in [6.45, 7) is 0.526. The molecular formula is C10H14LiNO6S2. The van der Waals surface area contributed by atoms with Crippen LogP contribution in [0.15, 0.2) is 29.2 Å². The summed E-state index contributed by atoms with van der Waals surface area (Å²) >= 11 is 0. The van der Waals surface area contributed by atoms with Crippen LogP contribution in [0.2, 0.25) is 0 Å². The Labute approximate surface area is 130 Å². The van der Waals surface area contributed by atoms with E-state index in [2.05, 4.69) is 4.72 Å². The molecule has 108 valence electrons. The molecular weight excluding hydrogens is 301 g/mol. The van der Waals surface area contributed by atoms with Crippen molar-refractivity contribution < 1.29 is 45.0 Å². The summed E-state index contributed by atoms with van der Waals surface area (Å²) in [5.41, 5.74) is 0. The molecule has 0 radical (unpaired) electrons. The second-order valence-electron chi connectivity index (χ2n) is 3.79. The Bertz CT molecular complexity index is 612. The average Bonchev–Trinajstić information content (AvgIpc) is 2.26. The second-order valence-corrected chi connectivity index (χ2v) is 7.01. The van der Waals surface area contributed by atoms with E-state index in [-0.39, 0.29) is 36.9 Å². The van der Waals surface area contributed by atoms with Crippen molar-refractivity contribution in [3.05, 3.63) is 24.3 Å². The first-order valence-electron chi connectivity index (χ1n) is 5.32. The van der Waals surface area contributed by atoms with Crippen LogP contribution in [-0.2, 0) is 20.1 Å². The number of hydrogen-bond acceptors (Lipinski definition) is 6. The van der Waals surface area contributed by atoms with Crippen LogP contribution < -0.4 is 28.3 Å². The van der Waals surface area contributed by atoms with Gasteiger partial charge < -0.3 is 9.29 Å². The van der Waals surface area contributed by atoms with Crippen molar-refractivity contribution in [2.75, 3.05) is 19.4 Å². The molecule has 0 bridgehead atoms. The summed E-state index contributed by atoms with van der Waals surface area (Å²) in [5, 5.41) is 0. The van der Waals surface area contributed by atoms with Crippen molar-refractivity contribution in [3.8, 4) is 5.75 Å². The van der Waals surface area contributed by atoms with Gasteiger partial charge >= 0.3 is 18.9 Å². The van der Waals surface area contributed by atoms with E-state index in [9.17, 15) is 21.4 Å². The fraction of sp³-hybridized carbons (Fsp3) is 0.400. The third-order valence-electron chi connectivity index (χ3n) is 2.07. The van der Waals surface area contributed by atoms with E-state index in [4.69, 9.17) is 4.74 Å². The first kappa shape index (κ1) is 19.4. The van der Waals surface area contributed by atoms with E-state index in [0.717, 1.165) is 18.4 Å². The van der Waals surface area contributed by atoms with Crippen molar-refractivity contribution >= 4 is 20.1 Å². The maximum Gasteiger partial charge on any atom is 1.00 e. The van der Waals surface area contributed by atoms with Gasteiger partial charge in [-0.15, -0.1) is 0 Å². The van der Waals surface area contributed by atoms with Gasteiger partial charge in [-0.25, -0.2) is 21.6 Å². The molecule has 0 unspecified atom stereocenters. The van der Waals surface area contributed by atoms with Gasteiger partial charge in [-0.3, -0.25) is 0 Å². The Balaban J connectivity index is 0.00000361. The van der Waals surface area contributed by atoms with Gasteiger partial charge in [-0.05, 0) is 30.7 Å². The first-order chi connectivity index (χ1) is 8.68. The van der Waals surface area contributed by atoms with Crippen LogP contribution in [-0.4, -0.2) is 40.8 Å². The average molecular weight is 315 g/mol. The van der Waals surface area contributed by atoms with Gasteiger partial charge in [0.1, 0.15) is 15.9 Å². The van der Waals surface area contributed by atoms with Crippen LogP contribution >= 0.6 is 0 Å². The summed E-state index contributed by atoms with van der Waals surface area (Å²) in [7, 11) is -7.65. The molecule has 0 amide bonds. The number of benzene rings is 1. The van der Waals surface area contributed by atoms with Gasteiger partial charge in [0.25, 0.3) is 0 Å². The van der Waals surface area contributed by atoms with Crippen molar-refractivity contribution in [3.63, 3.8) is 0 Å². The molecule has 0 aliphatic heterocycles. The minimum atomic E-state index is -4.45. The van der Waals surface area contributed by atoms with Crippen LogP contribution in [0, 0.1) is 0 Å². The summed E-state index contributed by atoms with van der Waals surface area (Å²) in [6, 6.07) is 5.06. The molecule has 1 aromatic carbocycles. The monoisotopic (exact) mass is 315 g/mol. The largest absolute Gasteiger partial charge is 1.00 e. The zero-order valence-electron chi connectivity index (χ0n) is 11.2. The number of rotatable bonds is 7. The fourth-order valence-corrected chi connectivity index (χ4v) is 2.21. The number of sulfonamides is 1. The Kier molecular flexibility index (Phi) is 7.80. The quantitative estimate of drug-likeness (QED) is 0.324. The van der Waals surface area contributed by atoms with E-state index in [0.29, 0.717) is 12.2 Å². The van der Waals surface area contributed by atoms with Gasteiger partial charge in [0.05, 0.1) is 17.8 Å². The Morgan fingerprint density at radius 1 is 1.15 bits per heavy atom. The van der Waals surface area contributed by atoms with Gasteiger partial charge in [0, 0.05) is 6.54 Å². The maximum atomic E-state index is 10.8. The summed E-state index contributed by atoms with van der Waals surface area (Å²) in [4.78, 5) is -0.321. The molecule has 0 aromatic heterocycles. The number of nitrogens with one attached hydrogen (secondary N) is 1. The molecule has 0 aliphatic rings. The van der Waals surface area contributed by atoms with E-state index in [1.807, 2.05) is 0 Å². The molecule has 0 saturated carbocycles. The molecule has 1 aromatic rings. The minimum absolute atomic E-state index is 0. The Morgan fingerprint density at radius 2 is 1.70 bits per heavy atom. The maximum absolute atomic E-state index is 10.8. The van der Waals surface area contributed by atoms with E-state index < -0.39 is 20.1 Å². The van der Waals surface area contributed by atoms with Crippen LogP contribution in [0.5, 0.6) is 5.75 Å². The zero-order chi connectivity index (χ0) is 14.5. The van der Waals surface area contributed by atoms with Crippen molar-refractivity contribution in [2.24, 2.45) is 0 Å². The second kappa shape index (κ2) is 8.02. The van der Waals surface area contributed by atoms with Gasteiger partial charge in [-0.2, -0.15) is 0 Å². The van der Waals surface area contributed by atoms with E-state index in [1.54, 1.807) is 0 Å². The van der Waals surface area contributed by atoms with E-state index in [1.165, 1.54) is 12.1 Å². The molecule has 0 saturated heterocycles. The fourth-order valence-electron chi connectivity index (χ4n) is 1.22. The minimum Gasteiger partial charge on any atom is -0.744 e. The smallest absolute Gasteiger partial charge is 0.744 e. The summed E-state index contributed by atoms with van der Waals surface area (Å²) in [6.07, 6.45) is 1.53. The zero-order valence-corrected chi connectivity index (χ0v) is 12.8. The predicted molar refractivity (Wildman–Crippen MR) is 67.4 cm³/mol. The molecule has 20 heavy (non-hydrogen) atoms. The molecule has 0 heterocycles. The summed E-state index contributed by atoms with van der Waals surface area (Å²) in [5.74, 6) is 0.409. The normalized spacial score (nSPS) is 11.7. The predicted octanol–water partition coefficient (Wildman–Crippen LogP) is -3.09. The van der Waals surface area contributed by atoms with Gasteiger partial charge in [0.15, 0.2) is 0 Å². The molecule has 10 heteroatoms. The first-order valence-corrected chi connectivity index (χ1v) is 8.62. The molecule has 1 N–H and O–H groups in total. The standard InChI is InChI=1S/C10H15NO6S2.Li/c1-18(12,13)11-7-2-8-17-9-3-5-10(6-4-9)19(14,15)16;/h3-6,11H,2,7-8H2,1H3,(H,14,15,16);/q;+1/p-1. The molecule has 1 rings (SSSR count). The van der Waals surface area contributed by atoms with Crippen LogP contribution in [0.25, 0.3) is 0 Å². The molecule has 7 nitrogen and oxygen atoms in total. The molecule has 0 fully saturated rings. The molecule has 0 atom stereocenters. The topological polar surface area (TPSA) is 113 Å². The van der Waals surface area contributed by atoms with E-state index >= 15 is 0 Å². The van der Waals surface area contributed by atoms with Crippen LogP contribution in [0.3, 0.4) is 0 Å². The van der Waals surface area contributed by atoms with Gasteiger partial charge in [-0.1, -0.05) is 0 Å². The van der Waals surface area contributed by atoms with Crippen molar-refractivity contribution in [2.45, 2.75) is 11.3 Å². The SMILES string of the molecule is CS(=O)(=O)NCCCOc1ccc(S(=O)(=O)[O-])cc1.[Li+]. The summed E-state index contributed by atoms with van der Waals surface area (Å²) < 4.78 is 61.1. The Morgan fingerprint density at radius 3 is 2.15 bits per heavy atom. The number of ether oxygens (including phenoxy) is 1. The van der Waals surface area contributed by atoms with Gasteiger partial charge in [0.2, 0.25) is 10.0 Å². The van der Waals surface area contributed by atoms with Crippen molar-refractivity contribution in [1.82, 2.24) is 4.72 Å². The van der Waals surface area contributed by atoms with Crippen molar-refractivity contribution in [1.29, 1.82) is 0 Å². The number of hydrogen-bond donors (Lipinski definition) is 1. The molecule has 0 aliphatic carbocycles. The Hall–Kier alpha value is -0.563. The molecule has 0 spiro atoms. The van der Waals surface area contributed by atoms with Crippen LogP contribution in [0.1, 0.15) is 6.42 Å². The third-order valence-corrected chi connectivity index (χ3v) is 3.64.